The highest BCUT2D eigenvalue weighted by molar-refractivity contribution is 5.07. The van der Waals surface area contributed by atoms with Crippen LogP contribution in [0.15, 0.2) is 15.4 Å². The fraction of sp³-hybridized carbons (Fsp3) is 0.700. The molecule has 1 aromatic heterocycles. The van der Waals surface area contributed by atoms with Gasteiger partial charge in [-0.05, 0) is 37.5 Å². The summed E-state index contributed by atoms with van der Waals surface area (Å²) in [6.45, 7) is 0. The minimum absolute atomic E-state index is 0.315. The van der Waals surface area contributed by atoms with Gasteiger partial charge in [-0.15, -0.1) is 0 Å². The number of rotatable bonds is 2. The van der Waals surface area contributed by atoms with E-state index in [4.69, 9.17) is 4.42 Å². The number of aromatic amines is 1. The average molecular weight is 179 g/mol. The van der Waals surface area contributed by atoms with Crippen LogP contribution in [-0.4, -0.2) is 4.98 Å². The Hall–Kier alpha value is -0.990. The van der Waals surface area contributed by atoms with Crippen molar-refractivity contribution in [3.05, 3.63) is 22.5 Å². The first-order valence-corrected chi connectivity index (χ1v) is 5.01. The van der Waals surface area contributed by atoms with Crippen molar-refractivity contribution in [2.45, 2.75) is 31.6 Å². The van der Waals surface area contributed by atoms with E-state index in [9.17, 15) is 4.79 Å². The van der Waals surface area contributed by atoms with Gasteiger partial charge in [0.15, 0.2) is 0 Å². The summed E-state index contributed by atoms with van der Waals surface area (Å²) >= 11 is 0. The summed E-state index contributed by atoms with van der Waals surface area (Å²) < 4.78 is 5.02. The molecule has 0 atom stereocenters. The molecule has 0 amide bonds. The van der Waals surface area contributed by atoms with Crippen molar-refractivity contribution >= 4 is 0 Å². The third kappa shape index (κ3) is 1.23. The first-order chi connectivity index (χ1) is 6.33. The molecule has 1 N–H and O–H groups in total. The Bertz CT molecular complexity index is 355. The van der Waals surface area contributed by atoms with Crippen molar-refractivity contribution in [2.24, 2.45) is 11.8 Å². The smallest absolute Gasteiger partial charge is 0.413 e. The lowest BCUT2D eigenvalue weighted by Crippen LogP contribution is -2.23. The third-order valence-electron chi connectivity index (χ3n) is 3.41. The van der Waals surface area contributed by atoms with E-state index in [-0.39, 0.29) is 5.76 Å². The van der Waals surface area contributed by atoms with Crippen LogP contribution in [0.1, 0.15) is 37.4 Å². The molecule has 0 aliphatic heterocycles. The van der Waals surface area contributed by atoms with Gasteiger partial charge in [-0.25, -0.2) is 4.79 Å². The Balaban J connectivity index is 1.66. The average Bonchev–Trinajstić information content (AvgIpc) is 2.74. The van der Waals surface area contributed by atoms with Gasteiger partial charge in [-0.2, -0.15) is 0 Å². The molecule has 2 saturated carbocycles. The molecule has 70 valence electrons. The van der Waals surface area contributed by atoms with Crippen molar-refractivity contribution in [1.29, 1.82) is 0 Å². The van der Waals surface area contributed by atoms with Crippen LogP contribution in [0.4, 0.5) is 0 Å². The van der Waals surface area contributed by atoms with Gasteiger partial charge in [0.2, 0.25) is 0 Å². The first kappa shape index (κ1) is 7.42. The van der Waals surface area contributed by atoms with E-state index >= 15 is 0 Å². The second kappa shape index (κ2) is 2.50. The fourth-order valence-electron chi connectivity index (χ4n) is 2.34. The lowest BCUT2D eigenvalue weighted by Gasteiger charge is -2.33. The molecule has 2 aliphatic rings. The van der Waals surface area contributed by atoms with Crippen LogP contribution in [0.3, 0.4) is 0 Å². The molecule has 3 rings (SSSR count). The highest BCUT2D eigenvalue weighted by Crippen LogP contribution is 2.52. The van der Waals surface area contributed by atoms with Crippen LogP contribution in [0.25, 0.3) is 0 Å². The van der Waals surface area contributed by atoms with Crippen molar-refractivity contribution in [2.75, 3.05) is 0 Å². The van der Waals surface area contributed by atoms with E-state index in [1.807, 2.05) is 0 Å². The lowest BCUT2D eigenvalue weighted by molar-refractivity contribution is 0.205. The third-order valence-corrected chi connectivity index (χ3v) is 3.41. The fourth-order valence-corrected chi connectivity index (χ4v) is 2.34. The number of hydrogen-bond donors (Lipinski definition) is 1. The van der Waals surface area contributed by atoms with Gasteiger partial charge in [-0.3, -0.25) is 4.98 Å². The van der Waals surface area contributed by atoms with E-state index in [1.165, 1.54) is 25.7 Å². The molecule has 1 heterocycles. The SMILES string of the molecule is O=c1[nH]cc(C2CC(C3CC3)C2)o1. The topological polar surface area (TPSA) is 46.0 Å². The quantitative estimate of drug-likeness (QED) is 0.753. The van der Waals surface area contributed by atoms with E-state index in [0.29, 0.717) is 5.92 Å². The number of H-pyrrole nitrogens is 1. The molecule has 0 aromatic carbocycles. The maximum Gasteiger partial charge on any atom is 0.416 e. The summed E-state index contributed by atoms with van der Waals surface area (Å²) in [5.74, 6) is 2.99. The standard InChI is InChI=1S/C10H13NO2/c12-10-11-5-9(13-10)8-3-7(4-8)6-1-2-6/h5-8H,1-4H2,(H,11,12). The van der Waals surface area contributed by atoms with Crippen LogP contribution >= 0.6 is 0 Å². The van der Waals surface area contributed by atoms with Crippen LogP contribution in [-0.2, 0) is 0 Å². The minimum Gasteiger partial charge on any atom is -0.413 e. The zero-order valence-electron chi connectivity index (χ0n) is 7.45. The molecule has 3 heteroatoms. The van der Waals surface area contributed by atoms with Crippen LogP contribution < -0.4 is 5.76 Å². The molecule has 0 radical (unpaired) electrons. The molecule has 1 aromatic rings. The van der Waals surface area contributed by atoms with Crippen LogP contribution in [0.2, 0.25) is 0 Å². The molecule has 0 bridgehead atoms. The largest absolute Gasteiger partial charge is 0.416 e. The Kier molecular flexibility index (Phi) is 1.43. The molecule has 0 saturated heterocycles. The molecular weight excluding hydrogens is 166 g/mol. The van der Waals surface area contributed by atoms with Crippen molar-refractivity contribution in [3.63, 3.8) is 0 Å². The Morgan fingerprint density at radius 1 is 1.31 bits per heavy atom. The minimum atomic E-state index is -0.315. The van der Waals surface area contributed by atoms with Crippen molar-refractivity contribution in [3.8, 4) is 0 Å². The Morgan fingerprint density at radius 3 is 2.62 bits per heavy atom. The second-order valence-corrected chi connectivity index (χ2v) is 4.35. The summed E-state index contributed by atoms with van der Waals surface area (Å²) in [5, 5.41) is 0. The van der Waals surface area contributed by atoms with E-state index in [2.05, 4.69) is 4.98 Å². The molecular formula is C10H13NO2. The van der Waals surface area contributed by atoms with Gasteiger partial charge in [-0.1, -0.05) is 0 Å². The lowest BCUT2D eigenvalue weighted by atomic mass is 9.71. The maximum atomic E-state index is 10.7. The van der Waals surface area contributed by atoms with Gasteiger partial charge in [0.25, 0.3) is 0 Å². The van der Waals surface area contributed by atoms with E-state index in [1.54, 1.807) is 6.20 Å². The van der Waals surface area contributed by atoms with Gasteiger partial charge < -0.3 is 4.42 Å². The molecule has 0 unspecified atom stereocenters. The monoisotopic (exact) mass is 179 g/mol. The molecule has 3 nitrogen and oxygen atoms in total. The zero-order valence-corrected chi connectivity index (χ0v) is 7.45. The van der Waals surface area contributed by atoms with Gasteiger partial charge in [0.1, 0.15) is 5.76 Å². The van der Waals surface area contributed by atoms with E-state index in [0.717, 1.165) is 17.6 Å². The first-order valence-electron chi connectivity index (χ1n) is 5.01. The van der Waals surface area contributed by atoms with Crippen LogP contribution in [0.5, 0.6) is 0 Å². The Labute approximate surface area is 76.1 Å². The highest BCUT2D eigenvalue weighted by atomic mass is 16.4. The van der Waals surface area contributed by atoms with Crippen molar-refractivity contribution in [1.82, 2.24) is 4.98 Å². The summed E-state index contributed by atoms with van der Waals surface area (Å²) in [6, 6.07) is 0. The van der Waals surface area contributed by atoms with Gasteiger partial charge >= 0.3 is 5.76 Å². The Morgan fingerprint density at radius 2 is 2.08 bits per heavy atom. The summed E-state index contributed by atoms with van der Waals surface area (Å²) in [7, 11) is 0. The van der Waals surface area contributed by atoms with E-state index < -0.39 is 0 Å². The normalized spacial score (nSPS) is 32.9. The second-order valence-electron chi connectivity index (χ2n) is 4.35. The number of aromatic nitrogens is 1. The predicted octanol–water partition coefficient (Wildman–Crippen LogP) is 1.87. The summed E-state index contributed by atoms with van der Waals surface area (Å²) in [6.07, 6.45) is 7.02. The molecule has 2 aliphatic carbocycles. The molecule has 0 spiro atoms. The number of nitrogens with one attached hydrogen (secondary N) is 1. The van der Waals surface area contributed by atoms with Gasteiger partial charge in [0.05, 0.1) is 0 Å². The predicted molar refractivity (Wildman–Crippen MR) is 47.5 cm³/mol. The zero-order chi connectivity index (χ0) is 8.84. The number of oxazole rings is 1. The molecule has 2 fully saturated rings. The van der Waals surface area contributed by atoms with Crippen LogP contribution in [0, 0.1) is 11.8 Å². The molecule has 13 heavy (non-hydrogen) atoms. The maximum absolute atomic E-state index is 10.7. The summed E-state index contributed by atoms with van der Waals surface area (Å²) in [4.78, 5) is 13.3. The summed E-state index contributed by atoms with van der Waals surface area (Å²) in [5.41, 5.74) is 0. The highest BCUT2D eigenvalue weighted by Gasteiger charge is 2.41. The van der Waals surface area contributed by atoms with Gasteiger partial charge in [0, 0.05) is 12.1 Å². The van der Waals surface area contributed by atoms with Crippen molar-refractivity contribution < 1.29 is 4.42 Å². The number of hydrogen-bond acceptors (Lipinski definition) is 2.